The lowest BCUT2D eigenvalue weighted by Crippen LogP contribution is -2.21. The Morgan fingerprint density at radius 2 is 2.27 bits per heavy atom. The zero-order chi connectivity index (χ0) is 8.48. The van der Waals surface area contributed by atoms with E-state index in [1.54, 1.807) is 0 Å². The van der Waals surface area contributed by atoms with Gasteiger partial charge in [-0.05, 0) is 11.8 Å². The number of hydrogen-bond acceptors (Lipinski definition) is 2. The van der Waals surface area contributed by atoms with Crippen molar-refractivity contribution in [3.63, 3.8) is 0 Å². The molecule has 1 amide bonds. The van der Waals surface area contributed by atoms with Crippen molar-refractivity contribution in [2.75, 3.05) is 6.54 Å². The molecule has 0 aromatic rings. The maximum atomic E-state index is 10.6. The van der Waals surface area contributed by atoms with Crippen LogP contribution in [0.2, 0.25) is 0 Å². The Balaban J connectivity index is 2.34. The van der Waals surface area contributed by atoms with Crippen LogP contribution in [0.15, 0.2) is 0 Å². The molecule has 3 heteroatoms. The van der Waals surface area contributed by atoms with Gasteiger partial charge in [-0.25, -0.2) is 4.79 Å². The summed E-state index contributed by atoms with van der Waals surface area (Å²) < 4.78 is 4.99. The van der Waals surface area contributed by atoms with Crippen LogP contribution < -0.4 is 5.32 Å². The lowest BCUT2D eigenvalue weighted by atomic mass is 9.89. The number of alkyl carbamates (subject to hydrolysis) is 1. The number of cyclic esters (lactones) is 1. The van der Waals surface area contributed by atoms with Gasteiger partial charge in [-0.15, -0.1) is 0 Å². The fourth-order valence-corrected chi connectivity index (χ4v) is 1.23. The van der Waals surface area contributed by atoms with E-state index in [0.29, 0.717) is 6.54 Å². The van der Waals surface area contributed by atoms with Crippen molar-refractivity contribution in [1.82, 2.24) is 5.32 Å². The lowest BCUT2D eigenvalue weighted by molar-refractivity contribution is 0.114. The molecule has 3 nitrogen and oxygen atoms in total. The highest BCUT2D eigenvalue weighted by atomic mass is 16.6. The smallest absolute Gasteiger partial charge is 0.407 e. The van der Waals surface area contributed by atoms with Crippen molar-refractivity contribution < 1.29 is 9.53 Å². The minimum Gasteiger partial charge on any atom is -0.444 e. The van der Waals surface area contributed by atoms with Crippen molar-refractivity contribution >= 4 is 6.09 Å². The second-order valence-corrected chi connectivity index (χ2v) is 4.17. The van der Waals surface area contributed by atoms with Gasteiger partial charge in [-0.1, -0.05) is 20.8 Å². The molecule has 11 heavy (non-hydrogen) atoms. The molecule has 1 N–H and O–H groups in total. The number of carbonyl (C=O) groups excluding carboxylic acids is 1. The number of rotatable bonds is 1. The largest absolute Gasteiger partial charge is 0.444 e. The van der Waals surface area contributed by atoms with Crippen LogP contribution in [0.1, 0.15) is 27.2 Å². The second kappa shape index (κ2) is 2.72. The third-order valence-corrected chi connectivity index (χ3v) is 1.59. The van der Waals surface area contributed by atoms with Gasteiger partial charge >= 0.3 is 6.09 Å². The van der Waals surface area contributed by atoms with E-state index in [1.807, 2.05) is 0 Å². The zero-order valence-corrected chi connectivity index (χ0v) is 7.31. The van der Waals surface area contributed by atoms with Gasteiger partial charge in [0, 0.05) is 0 Å². The molecule has 0 saturated carbocycles. The van der Waals surface area contributed by atoms with Crippen molar-refractivity contribution in [3.05, 3.63) is 0 Å². The summed E-state index contributed by atoms with van der Waals surface area (Å²) in [7, 11) is 0. The summed E-state index contributed by atoms with van der Waals surface area (Å²) in [4.78, 5) is 10.6. The van der Waals surface area contributed by atoms with E-state index in [4.69, 9.17) is 4.74 Å². The Hall–Kier alpha value is -0.730. The summed E-state index contributed by atoms with van der Waals surface area (Å²) in [5.41, 5.74) is 0.233. The number of amides is 1. The van der Waals surface area contributed by atoms with Crippen LogP contribution in [0.4, 0.5) is 4.79 Å². The molecule has 0 aromatic heterocycles. The molecule has 0 unspecified atom stereocenters. The van der Waals surface area contributed by atoms with E-state index in [9.17, 15) is 4.79 Å². The van der Waals surface area contributed by atoms with Gasteiger partial charge in [0.05, 0.1) is 6.54 Å². The van der Waals surface area contributed by atoms with Crippen molar-refractivity contribution in [3.8, 4) is 0 Å². The first-order valence-corrected chi connectivity index (χ1v) is 3.92. The Labute approximate surface area is 67.1 Å². The fourth-order valence-electron chi connectivity index (χ4n) is 1.23. The van der Waals surface area contributed by atoms with Gasteiger partial charge in [0.1, 0.15) is 6.10 Å². The summed E-state index contributed by atoms with van der Waals surface area (Å²) in [5, 5.41) is 2.63. The molecule has 1 rings (SSSR count). The molecule has 0 spiro atoms. The average Bonchev–Trinajstić information content (AvgIpc) is 2.10. The lowest BCUT2D eigenvalue weighted by Gasteiger charge is -2.20. The Morgan fingerprint density at radius 1 is 1.64 bits per heavy atom. The molecule has 1 heterocycles. The molecule has 1 atom stereocenters. The van der Waals surface area contributed by atoms with Crippen LogP contribution >= 0.6 is 0 Å². The van der Waals surface area contributed by atoms with E-state index >= 15 is 0 Å². The molecule has 0 aromatic carbocycles. The van der Waals surface area contributed by atoms with Crippen LogP contribution in [0.5, 0.6) is 0 Å². The minimum atomic E-state index is -0.278. The molecule has 0 radical (unpaired) electrons. The van der Waals surface area contributed by atoms with E-state index in [-0.39, 0.29) is 17.6 Å². The molecule has 64 valence electrons. The molecule has 1 saturated heterocycles. The van der Waals surface area contributed by atoms with Crippen molar-refractivity contribution in [1.29, 1.82) is 0 Å². The monoisotopic (exact) mass is 157 g/mol. The van der Waals surface area contributed by atoms with Crippen LogP contribution in [-0.4, -0.2) is 18.7 Å². The SMILES string of the molecule is CC(C)(C)C[C@H]1CNC(=O)O1. The summed E-state index contributed by atoms with van der Waals surface area (Å²) in [6.07, 6.45) is 0.716. The summed E-state index contributed by atoms with van der Waals surface area (Å²) in [6, 6.07) is 0. The molecular weight excluding hydrogens is 142 g/mol. The van der Waals surface area contributed by atoms with Gasteiger partial charge in [-0.3, -0.25) is 0 Å². The first kappa shape index (κ1) is 8.37. The van der Waals surface area contributed by atoms with Gasteiger partial charge < -0.3 is 10.1 Å². The van der Waals surface area contributed by atoms with Crippen LogP contribution in [0.25, 0.3) is 0 Å². The average molecular weight is 157 g/mol. The third kappa shape index (κ3) is 2.78. The van der Waals surface area contributed by atoms with Crippen LogP contribution in [0.3, 0.4) is 0 Å². The van der Waals surface area contributed by atoms with Gasteiger partial charge in [0.2, 0.25) is 0 Å². The summed E-state index contributed by atoms with van der Waals surface area (Å²) in [6.45, 7) is 7.08. The molecule has 0 bridgehead atoms. The first-order valence-electron chi connectivity index (χ1n) is 3.92. The molecule has 1 aliphatic heterocycles. The number of ether oxygens (including phenoxy) is 1. The normalized spacial score (nSPS) is 24.6. The highest BCUT2D eigenvalue weighted by Crippen LogP contribution is 2.23. The van der Waals surface area contributed by atoms with Crippen LogP contribution in [-0.2, 0) is 4.74 Å². The highest BCUT2D eigenvalue weighted by molar-refractivity contribution is 5.69. The van der Waals surface area contributed by atoms with E-state index in [0.717, 1.165) is 6.42 Å². The number of carbonyl (C=O) groups is 1. The number of nitrogens with one attached hydrogen (secondary N) is 1. The Bertz CT molecular complexity index is 160. The molecule has 1 aliphatic rings. The third-order valence-electron chi connectivity index (χ3n) is 1.59. The van der Waals surface area contributed by atoms with E-state index < -0.39 is 0 Å². The first-order chi connectivity index (χ1) is 4.97. The maximum Gasteiger partial charge on any atom is 0.407 e. The van der Waals surface area contributed by atoms with Gasteiger partial charge in [-0.2, -0.15) is 0 Å². The van der Waals surface area contributed by atoms with E-state index in [1.165, 1.54) is 0 Å². The van der Waals surface area contributed by atoms with Gasteiger partial charge in [0.25, 0.3) is 0 Å². The minimum absolute atomic E-state index is 0.0718. The molecule has 1 fully saturated rings. The van der Waals surface area contributed by atoms with E-state index in [2.05, 4.69) is 26.1 Å². The topological polar surface area (TPSA) is 38.3 Å². The maximum absolute atomic E-state index is 10.6. The van der Waals surface area contributed by atoms with Crippen molar-refractivity contribution in [2.24, 2.45) is 5.41 Å². The summed E-state index contributed by atoms with van der Waals surface area (Å²) in [5.74, 6) is 0. The standard InChI is InChI=1S/C8H15NO2/c1-8(2,3)4-6-5-9-7(10)11-6/h6H,4-5H2,1-3H3,(H,9,10)/t6-/m0/s1. The second-order valence-electron chi connectivity index (χ2n) is 4.17. The predicted molar refractivity (Wildman–Crippen MR) is 42.3 cm³/mol. The summed E-state index contributed by atoms with van der Waals surface area (Å²) >= 11 is 0. The Kier molecular flexibility index (Phi) is 2.07. The highest BCUT2D eigenvalue weighted by Gasteiger charge is 2.26. The fraction of sp³-hybridized carbons (Fsp3) is 0.875. The quantitative estimate of drug-likeness (QED) is 0.627. The zero-order valence-electron chi connectivity index (χ0n) is 7.31. The molecule has 0 aliphatic carbocycles. The van der Waals surface area contributed by atoms with Gasteiger partial charge in [0.15, 0.2) is 0 Å². The van der Waals surface area contributed by atoms with Crippen LogP contribution in [0, 0.1) is 5.41 Å². The van der Waals surface area contributed by atoms with Crippen molar-refractivity contribution in [2.45, 2.75) is 33.3 Å². The number of hydrogen-bond donors (Lipinski definition) is 1. The molecular formula is C8H15NO2. The Morgan fingerprint density at radius 3 is 2.64 bits per heavy atom. The predicted octanol–water partition coefficient (Wildman–Crippen LogP) is 1.53.